The lowest BCUT2D eigenvalue weighted by Gasteiger charge is -2.18. The van der Waals surface area contributed by atoms with Gasteiger partial charge in [0.15, 0.2) is 5.60 Å². The molecule has 0 saturated carbocycles. The van der Waals surface area contributed by atoms with E-state index in [-0.39, 0.29) is 16.9 Å². The number of hydrogen-bond donors (Lipinski definition) is 0. The molecule has 1 heterocycles. The second kappa shape index (κ2) is 6.46. The average Bonchev–Trinajstić information content (AvgIpc) is 2.80. The zero-order valence-electron chi connectivity index (χ0n) is 13.8. The van der Waals surface area contributed by atoms with Crippen molar-refractivity contribution in [3.05, 3.63) is 64.2 Å². The largest absolute Gasteiger partial charge is 0.478 e. The zero-order valence-corrected chi connectivity index (χ0v) is 15.4. The molecule has 2 aromatic carbocycles. The first-order chi connectivity index (χ1) is 11.7. The van der Waals surface area contributed by atoms with Crippen LogP contribution in [0.4, 0.5) is 8.78 Å². The highest BCUT2D eigenvalue weighted by Crippen LogP contribution is 2.43. The fraction of sp³-hybridized carbons (Fsp3) is 0.211. The minimum atomic E-state index is -1.17. The number of hydrogen-bond acceptors (Lipinski definition) is 3. The van der Waals surface area contributed by atoms with E-state index in [1.165, 1.54) is 11.8 Å². The summed E-state index contributed by atoms with van der Waals surface area (Å²) in [6, 6.07) is 8.22. The van der Waals surface area contributed by atoms with Crippen molar-refractivity contribution in [1.29, 1.82) is 0 Å². The van der Waals surface area contributed by atoms with E-state index in [0.29, 0.717) is 10.6 Å². The number of ketones is 1. The number of rotatable bonds is 3. The predicted molar refractivity (Wildman–Crippen MR) is 96.6 cm³/mol. The summed E-state index contributed by atoms with van der Waals surface area (Å²) < 4.78 is 33.8. The van der Waals surface area contributed by atoms with Crippen LogP contribution in [0.1, 0.15) is 25.0 Å². The van der Waals surface area contributed by atoms with Crippen molar-refractivity contribution in [2.45, 2.75) is 24.3 Å². The molecule has 0 fully saturated rings. The molecular weight excluding hydrogens is 366 g/mol. The monoisotopic (exact) mass is 380 g/mol. The highest BCUT2D eigenvalue weighted by atomic mass is 35.5. The van der Waals surface area contributed by atoms with Gasteiger partial charge < -0.3 is 4.74 Å². The minimum absolute atomic E-state index is 0.0231. The lowest BCUT2D eigenvalue weighted by atomic mass is 9.92. The van der Waals surface area contributed by atoms with Crippen molar-refractivity contribution in [3.8, 4) is 0 Å². The van der Waals surface area contributed by atoms with Crippen LogP contribution in [0.3, 0.4) is 0 Å². The highest BCUT2D eigenvalue weighted by molar-refractivity contribution is 7.98. The molecule has 0 atom stereocenters. The van der Waals surface area contributed by atoms with Gasteiger partial charge in [0.05, 0.1) is 10.6 Å². The number of Topliss-reactive ketones (excluding diaryl/α,β-unsaturated/α-hetero) is 1. The second-order valence-corrected chi connectivity index (χ2v) is 7.37. The summed E-state index contributed by atoms with van der Waals surface area (Å²) >= 11 is 7.73. The van der Waals surface area contributed by atoms with Crippen LogP contribution in [0, 0.1) is 11.6 Å². The smallest absolute Gasteiger partial charge is 0.210 e. The molecule has 0 unspecified atom stereocenters. The molecule has 0 aliphatic carbocycles. The summed E-state index contributed by atoms with van der Waals surface area (Å²) in [6.45, 7) is 3.19. The summed E-state index contributed by atoms with van der Waals surface area (Å²) in [5.41, 5.74) is -0.723. The third kappa shape index (κ3) is 3.18. The van der Waals surface area contributed by atoms with Gasteiger partial charge in [-0.05, 0) is 50.4 Å². The molecule has 2 aromatic rings. The summed E-state index contributed by atoms with van der Waals surface area (Å²) in [6.07, 6.45) is 1.90. The highest BCUT2D eigenvalue weighted by Gasteiger charge is 2.43. The van der Waals surface area contributed by atoms with Gasteiger partial charge in [-0.15, -0.1) is 11.8 Å². The van der Waals surface area contributed by atoms with E-state index >= 15 is 0 Å². The lowest BCUT2D eigenvalue weighted by molar-refractivity contribution is -0.125. The van der Waals surface area contributed by atoms with Crippen LogP contribution in [0.5, 0.6) is 0 Å². The lowest BCUT2D eigenvalue weighted by Crippen LogP contribution is -2.29. The number of thioether (sulfide) groups is 1. The summed E-state index contributed by atoms with van der Waals surface area (Å²) in [4.78, 5) is 13.6. The molecule has 0 bridgehead atoms. The van der Waals surface area contributed by atoms with E-state index in [4.69, 9.17) is 16.3 Å². The van der Waals surface area contributed by atoms with Crippen LogP contribution < -0.4 is 0 Å². The van der Waals surface area contributed by atoms with E-state index in [2.05, 4.69) is 0 Å². The van der Waals surface area contributed by atoms with Gasteiger partial charge in [-0.2, -0.15) is 0 Å². The second-order valence-electron chi connectivity index (χ2n) is 6.12. The molecule has 130 valence electrons. The van der Waals surface area contributed by atoms with E-state index in [1.807, 2.05) is 6.26 Å². The van der Waals surface area contributed by atoms with Crippen LogP contribution in [-0.2, 0) is 9.53 Å². The normalized spacial score (nSPS) is 16.3. The third-order valence-corrected chi connectivity index (χ3v) is 5.19. The van der Waals surface area contributed by atoms with E-state index in [1.54, 1.807) is 32.0 Å². The first-order valence-corrected chi connectivity index (χ1v) is 9.12. The Bertz CT molecular complexity index is 906. The summed E-state index contributed by atoms with van der Waals surface area (Å²) in [7, 11) is 0. The topological polar surface area (TPSA) is 26.3 Å². The molecule has 3 rings (SSSR count). The molecule has 0 N–H and O–H groups in total. The Hall–Kier alpha value is -1.85. The van der Waals surface area contributed by atoms with Crippen LogP contribution in [0.2, 0.25) is 5.02 Å². The van der Waals surface area contributed by atoms with Gasteiger partial charge in [0, 0.05) is 16.0 Å². The molecule has 0 spiro atoms. The Labute approximate surface area is 153 Å². The number of carbonyl (C=O) groups is 1. The molecule has 1 aliphatic heterocycles. The first kappa shape index (κ1) is 18.0. The van der Waals surface area contributed by atoms with Crippen molar-refractivity contribution in [2.24, 2.45) is 0 Å². The molecule has 0 saturated heterocycles. The molecule has 25 heavy (non-hydrogen) atoms. The molecule has 0 radical (unpaired) electrons. The Kier molecular flexibility index (Phi) is 4.64. The van der Waals surface area contributed by atoms with Crippen molar-refractivity contribution in [1.82, 2.24) is 0 Å². The summed E-state index contributed by atoms with van der Waals surface area (Å²) in [5.74, 6) is -1.52. The molecule has 0 aromatic heterocycles. The maximum absolute atomic E-state index is 14.3. The van der Waals surface area contributed by atoms with Gasteiger partial charge >= 0.3 is 0 Å². The quantitative estimate of drug-likeness (QED) is 0.649. The van der Waals surface area contributed by atoms with Crippen LogP contribution in [-0.4, -0.2) is 17.6 Å². The Morgan fingerprint density at radius 1 is 1.12 bits per heavy atom. The van der Waals surface area contributed by atoms with Crippen LogP contribution in [0.15, 0.2) is 41.3 Å². The van der Waals surface area contributed by atoms with Crippen molar-refractivity contribution >= 4 is 40.5 Å². The number of halogens is 3. The minimum Gasteiger partial charge on any atom is -0.478 e. The number of carbonyl (C=O) groups excluding carboxylic acids is 1. The Balaban J connectivity index is 2.25. The van der Waals surface area contributed by atoms with E-state index in [9.17, 15) is 13.6 Å². The molecule has 6 heteroatoms. The van der Waals surface area contributed by atoms with Gasteiger partial charge in [-0.25, -0.2) is 8.78 Å². The molecule has 0 amide bonds. The third-order valence-electron chi connectivity index (χ3n) is 3.97. The van der Waals surface area contributed by atoms with Crippen LogP contribution in [0.25, 0.3) is 11.3 Å². The fourth-order valence-electron chi connectivity index (χ4n) is 2.70. The molecule has 1 aliphatic rings. The van der Waals surface area contributed by atoms with E-state index in [0.717, 1.165) is 23.1 Å². The van der Waals surface area contributed by atoms with Crippen molar-refractivity contribution < 1.29 is 18.3 Å². The summed E-state index contributed by atoms with van der Waals surface area (Å²) in [5, 5.41) is 0.498. The number of benzene rings is 2. The van der Waals surface area contributed by atoms with Crippen molar-refractivity contribution in [3.63, 3.8) is 0 Å². The maximum Gasteiger partial charge on any atom is 0.210 e. The van der Waals surface area contributed by atoms with Gasteiger partial charge in [-0.1, -0.05) is 17.7 Å². The van der Waals surface area contributed by atoms with Crippen molar-refractivity contribution in [2.75, 3.05) is 6.26 Å². The van der Waals surface area contributed by atoms with Crippen LogP contribution >= 0.6 is 23.4 Å². The SMILES string of the molecule is CSc1ccc(C2=C(c3cc(F)ccc3F)C(=O)C(C)(C)O2)cc1Cl. The fourth-order valence-corrected chi connectivity index (χ4v) is 3.57. The van der Waals surface area contributed by atoms with E-state index < -0.39 is 23.0 Å². The average molecular weight is 381 g/mol. The molecular formula is C19H15ClF2O2S. The van der Waals surface area contributed by atoms with Gasteiger partial charge in [0.2, 0.25) is 5.78 Å². The maximum atomic E-state index is 14.3. The van der Waals surface area contributed by atoms with Gasteiger partial charge in [0.25, 0.3) is 0 Å². The van der Waals surface area contributed by atoms with Gasteiger partial charge in [-0.3, -0.25) is 4.79 Å². The Morgan fingerprint density at radius 3 is 2.48 bits per heavy atom. The number of ether oxygens (including phenoxy) is 1. The predicted octanol–water partition coefficient (Wildman–Crippen LogP) is 5.59. The Morgan fingerprint density at radius 2 is 1.84 bits per heavy atom. The van der Waals surface area contributed by atoms with Gasteiger partial charge in [0.1, 0.15) is 17.4 Å². The molecule has 2 nitrogen and oxygen atoms in total. The standard InChI is InChI=1S/C19H15ClF2O2S/c1-19(2)18(23)16(12-9-11(21)5-6-14(12)22)17(24-19)10-4-7-15(25-3)13(20)8-10/h4-9H,1-3H3. The first-order valence-electron chi connectivity index (χ1n) is 7.52. The zero-order chi connectivity index (χ0) is 18.4.